The lowest BCUT2D eigenvalue weighted by molar-refractivity contribution is 0.0619. The Labute approximate surface area is 116 Å². The topological polar surface area (TPSA) is 75.9 Å². The summed E-state index contributed by atoms with van der Waals surface area (Å²) < 4.78 is 10.0. The molecule has 2 saturated heterocycles. The average molecular weight is 279 g/mol. The van der Waals surface area contributed by atoms with E-state index in [1.807, 2.05) is 6.92 Å². The zero-order valence-electron chi connectivity index (χ0n) is 11.3. The van der Waals surface area contributed by atoms with Crippen LogP contribution in [0.1, 0.15) is 30.3 Å². The minimum atomic E-state index is -0.238. The smallest absolute Gasteiger partial charge is 0.410 e. The first-order valence-corrected chi connectivity index (χ1v) is 6.82. The quantitative estimate of drug-likeness (QED) is 0.811. The Hall–Kier alpha value is -2.05. The zero-order valence-corrected chi connectivity index (χ0v) is 11.3. The standard InChI is InChI=1S/C13H17N3O4/c1-9-8-16(13(18)19-9)10-3-6-15(7-4-10)12(17)11-2-5-14-20-11/h2,5,9-10H,3-4,6-8H2,1H3. The van der Waals surface area contributed by atoms with Crippen LogP contribution >= 0.6 is 0 Å². The minimum absolute atomic E-state index is 0.0450. The molecule has 3 heterocycles. The van der Waals surface area contributed by atoms with E-state index in [0.717, 1.165) is 12.8 Å². The van der Waals surface area contributed by atoms with Crippen LogP contribution in [0.25, 0.3) is 0 Å². The van der Waals surface area contributed by atoms with Gasteiger partial charge in [0.25, 0.3) is 5.91 Å². The van der Waals surface area contributed by atoms with Crippen molar-refractivity contribution in [3.63, 3.8) is 0 Å². The van der Waals surface area contributed by atoms with Crippen molar-refractivity contribution >= 4 is 12.0 Å². The lowest BCUT2D eigenvalue weighted by atomic mass is 10.0. The number of hydrogen-bond donors (Lipinski definition) is 0. The Morgan fingerprint density at radius 3 is 2.70 bits per heavy atom. The lowest BCUT2D eigenvalue weighted by Crippen LogP contribution is -2.47. The van der Waals surface area contributed by atoms with Gasteiger partial charge in [-0.15, -0.1) is 0 Å². The van der Waals surface area contributed by atoms with Crippen LogP contribution in [0.15, 0.2) is 16.8 Å². The molecule has 108 valence electrons. The molecule has 20 heavy (non-hydrogen) atoms. The molecule has 7 nitrogen and oxygen atoms in total. The molecule has 0 radical (unpaired) electrons. The van der Waals surface area contributed by atoms with Crippen molar-refractivity contribution in [2.75, 3.05) is 19.6 Å². The van der Waals surface area contributed by atoms with Crippen molar-refractivity contribution in [3.8, 4) is 0 Å². The van der Waals surface area contributed by atoms with Crippen molar-refractivity contribution in [3.05, 3.63) is 18.0 Å². The van der Waals surface area contributed by atoms with E-state index in [0.29, 0.717) is 19.6 Å². The highest BCUT2D eigenvalue weighted by Gasteiger charge is 2.36. The first-order valence-electron chi connectivity index (χ1n) is 6.82. The van der Waals surface area contributed by atoms with Gasteiger partial charge in [-0.2, -0.15) is 0 Å². The molecule has 2 aliphatic heterocycles. The van der Waals surface area contributed by atoms with Gasteiger partial charge in [-0.3, -0.25) is 4.79 Å². The molecule has 0 saturated carbocycles. The normalized spacial score (nSPS) is 24.1. The van der Waals surface area contributed by atoms with E-state index < -0.39 is 0 Å². The zero-order chi connectivity index (χ0) is 14.1. The molecular weight excluding hydrogens is 262 g/mol. The monoisotopic (exact) mass is 279 g/mol. The summed E-state index contributed by atoms with van der Waals surface area (Å²) in [6.45, 7) is 3.75. The van der Waals surface area contributed by atoms with Gasteiger partial charge in [0, 0.05) is 25.2 Å². The van der Waals surface area contributed by atoms with Crippen LogP contribution in [0, 0.1) is 0 Å². The minimum Gasteiger partial charge on any atom is -0.444 e. The Kier molecular flexibility index (Phi) is 3.33. The third-order valence-electron chi connectivity index (χ3n) is 3.83. The number of aromatic nitrogens is 1. The number of cyclic esters (lactones) is 1. The molecule has 2 aliphatic rings. The third-order valence-corrected chi connectivity index (χ3v) is 3.83. The van der Waals surface area contributed by atoms with Crippen molar-refractivity contribution in [1.29, 1.82) is 0 Å². The summed E-state index contributed by atoms with van der Waals surface area (Å²) in [5.41, 5.74) is 0. The van der Waals surface area contributed by atoms with Gasteiger partial charge in [0.1, 0.15) is 6.10 Å². The van der Waals surface area contributed by atoms with E-state index in [4.69, 9.17) is 9.26 Å². The Bertz CT molecular complexity index is 494. The highest BCUT2D eigenvalue weighted by molar-refractivity contribution is 5.91. The number of rotatable bonds is 2. The largest absolute Gasteiger partial charge is 0.444 e. The third kappa shape index (κ3) is 2.35. The fourth-order valence-electron chi connectivity index (χ4n) is 2.79. The van der Waals surface area contributed by atoms with E-state index in [2.05, 4.69) is 5.16 Å². The fourth-order valence-corrected chi connectivity index (χ4v) is 2.79. The highest BCUT2D eigenvalue weighted by atomic mass is 16.6. The van der Waals surface area contributed by atoms with Gasteiger partial charge in [-0.25, -0.2) is 4.79 Å². The number of likely N-dealkylation sites (tertiary alicyclic amines) is 1. The molecule has 1 atom stereocenters. The molecule has 0 aliphatic carbocycles. The van der Waals surface area contributed by atoms with Gasteiger partial charge in [0.15, 0.2) is 0 Å². The predicted octanol–water partition coefficient (Wildman–Crippen LogP) is 1.12. The molecule has 0 bridgehead atoms. The maximum atomic E-state index is 12.1. The Morgan fingerprint density at radius 2 is 2.15 bits per heavy atom. The van der Waals surface area contributed by atoms with Gasteiger partial charge in [0.2, 0.25) is 5.76 Å². The van der Waals surface area contributed by atoms with Gasteiger partial charge >= 0.3 is 6.09 Å². The maximum absolute atomic E-state index is 12.1. The van der Waals surface area contributed by atoms with E-state index in [-0.39, 0.29) is 29.9 Å². The fraction of sp³-hybridized carbons (Fsp3) is 0.615. The summed E-state index contributed by atoms with van der Waals surface area (Å²) in [4.78, 5) is 27.3. The molecule has 7 heteroatoms. The van der Waals surface area contributed by atoms with E-state index in [1.165, 1.54) is 6.20 Å². The first kappa shape index (κ1) is 13.0. The van der Waals surface area contributed by atoms with E-state index in [1.54, 1.807) is 15.9 Å². The van der Waals surface area contributed by atoms with Crippen LogP contribution < -0.4 is 0 Å². The lowest BCUT2D eigenvalue weighted by Gasteiger charge is -2.35. The summed E-state index contributed by atoms with van der Waals surface area (Å²) in [5.74, 6) is 0.121. The Balaban J connectivity index is 1.57. The van der Waals surface area contributed by atoms with Gasteiger partial charge < -0.3 is 19.1 Å². The van der Waals surface area contributed by atoms with E-state index in [9.17, 15) is 9.59 Å². The SMILES string of the molecule is CC1CN(C2CCN(C(=O)c3ccno3)CC2)C(=O)O1. The van der Waals surface area contributed by atoms with Crippen LogP contribution in [0.4, 0.5) is 4.79 Å². The number of piperidine rings is 1. The summed E-state index contributed by atoms with van der Waals surface area (Å²) in [7, 11) is 0. The van der Waals surface area contributed by atoms with Crippen molar-refractivity contribution in [2.24, 2.45) is 0 Å². The maximum Gasteiger partial charge on any atom is 0.410 e. The summed E-state index contributed by atoms with van der Waals surface area (Å²) in [6.07, 6.45) is 2.71. The number of hydrogen-bond acceptors (Lipinski definition) is 5. The predicted molar refractivity (Wildman–Crippen MR) is 68.1 cm³/mol. The first-order chi connectivity index (χ1) is 9.65. The molecule has 0 N–H and O–H groups in total. The molecule has 2 amide bonds. The second kappa shape index (κ2) is 5.15. The molecule has 0 spiro atoms. The number of nitrogens with zero attached hydrogens (tertiary/aromatic N) is 3. The summed E-state index contributed by atoms with van der Waals surface area (Å²) >= 11 is 0. The van der Waals surface area contributed by atoms with Crippen LogP contribution in [0.5, 0.6) is 0 Å². The van der Waals surface area contributed by atoms with Gasteiger partial charge in [-0.1, -0.05) is 5.16 Å². The van der Waals surface area contributed by atoms with E-state index >= 15 is 0 Å². The van der Waals surface area contributed by atoms with Gasteiger partial charge in [0.05, 0.1) is 12.7 Å². The molecule has 1 aromatic rings. The molecule has 1 aromatic heterocycles. The summed E-state index contributed by atoms with van der Waals surface area (Å²) in [6, 6.07) is 1.72. The second-order valence-electron chi connectivity index (χ2n) is 5.25. The molecule has 1 unspecified atom stereocenters. The molecular formula is C13H17N3O4. The summed E-state index contributed by atoms with van der Waals surface area (Å²) in [5, 5.41) is 3.54. The number of carbonyl (C=O) groups is 2. The Morgan fingerprint density at radius 1 is 1.40 bits per heavy atom. The van der Waals surface area contributed by atoms with Crippen LogP contribution in [-0.2, 0) is 4.74 Å². The van der Waals surface area contributed by atoms with Crippen LogP contribution in [-0.4, -0.2) is 58.7 Å². The van der Waals surface area contributed by atoms with Crippen molar-refractivity contribution in [1.82, 2.24) is 15.0 Å². The van der Waals surface area contributed by atoms with Gasteiger partial charge in [-0.05, 0) is 19.8 Å². The van der Waals surface area contributed by atoms with Crippen LogP contribution in [0.3, 0.4) is 0 Å². The second-order valence-corrected chi connectivity index (χ2v) is 5.25. The van der Waals surface area contributed by atoms with Crippen LogP contribution in [0.2, 0.25) is 0 Å². The number of amides is 2. The number of ether oxygens (including phenoxy) is 1. The molecule has 0 aromatic carbocycles. The number of carbonyl (C=O) groups excluding carboxylic acids is 2. The molecule has 2 fully saturated rings. The average Bonchev–Trinajstić information content (AvgIpc) is 3.08. The molecule has 3 rings (SSSR count). The van der Waals surface area contributed by atoms with Crippen molar-refractivity contribution in [2.45, 2.75) is 31.9 Å². The van der Waals surface area contributed by atoms with Crippen molar-refractivity contribution < 1.29 is 18.8 Å². The highest BCUT2D eigenvalue weighted by Crippen LogP contribution is 2.23.